The number of carbonyl (C=O) groups is 1. The zero-order valence-electron chi connectivity index (χ0n) is 17.6. The first-order valence-corrected chi connectivity index (χ1v) is 9.69. The number of likely N-dealkylation sites (tertiary alicyclic amines) is 1. The van der Waals surface area contributed by atoms with Crippen molar-refractivity contribution in [3.05, 3.63) is 34.9 Å². The van der Waals surface area contributed by atoms with Crippen molar-refractivity contribution in [1.29, 1.82) is 0 Å². The molecule has 0 aromatic heterocycles. The zero-order chi connectivity index (χ0) is 20.0. The highest BCUT2D eigenvalue weighted by molar-refractivity contribution is 5.80. The van der Waals surface area contributed by atoms with E-state index in [9.17, 15) is 4.79 Å². The summed E-state index contributed by atoms with van der Waals surface area (Å²) in [5, 5.41) is 6.40. The minimum Gasteiger partial charge on any atom is -0.444 e. The van der Waals surface area contributed by atoms with E-state index in [4.69, 9.17) is 4.74 Å². The molecule has 1 saturated heterocycles. The second-order valence-electron chi connectivity index (χ2n) is 8.23. The molecular weight excluding hydrogens is 340 g/mol. The minimum absolute atomic E-state index is 0.0812. The highest BCUT2D eigenvalue weighted by Gasteiger charge is 2.27. The Morgan fingerprint density at radius 1 is 1.33 bits per heavy atom. The molecule has 1 fully saturated rings. The Bertz CT molecular complexity index is 679. The van der Waals surface area contributed by atoms with Crippen LogP contribution in [0.2, 0.25) is 0 Å². The first-order valence-electron chi connectivity index (χ1n) is 9.69. The Hall–Kier alpha value is -2.24. The average molecular weight is 375 g/mol. The molecule has 1 aromatic rings. The molecule has 1 atom stereocenters. The van der Waals surface area contributed by atoms with E-state index in [1.807, 2.05) is 20.8 Å². The molecule has 0 bridgehead atoms. The summed E-state index contributed by atoms with van der Waals surface area (Å²) >= 11 is 0. The topological polar surface area (TPSA) is 66.0 Å². The minimum atomic E-state index is -0.478. The fourth-order valence-corrected chi connectivity index (χ4v) is 3.31. The van der Waals surface area contributed by atoms with Crippen LogP contribution in [0.25, 0.3) is 0 Å². The maximum absolute atomic E-state index is 11.9. The summed E-state index contributed by atoms with van der Waals surface area (Å²) in [6.45, 7) is 12.3. The van der Waals surface area contributed by atoms with Crippen LogP contribution in [0.5, 0.6) is 0 Å². The highest BCUT2D eigenvalue weighted by Crippen LogP contribution is 2.13. The van der Waals surface area contributed by atoms with Gasteiger partial charge in [0, 0.05) is 26.7 Å². The van der Waals surface area contributed by atoms with Crippen LogP contribution in [-0.4, -0.2) is 55.3 Å². The molecule has 1 unspecified atom stereocenters. The summed E-state index contributed by atoms with van der Waals surface area (Å²) in [5.41, 5.74) is 3.50. The molecule has 2 N–H and O–H groups in total. The lowest BCUT2D eigenvalue weighted by Crippen LogP contribution is -2.44. The maximum Gasteiger partial charge on any atom is 0.407 e. The molecule has 1 amide bonds. The molecule has 1 aliphatic rings. The van der Waals surface area contributed by atoms with Crippen LogP contribution in [0.4, 0.5) is 4.79 Å². The zero-order valence-corrected chi connectivity index (χ0v) is 17.6. The molecule has 0 radical (unpaired) electrons. The second kappa shape index (κ2) is 9.11. The Morgan fingerprint density at radius 2 is 2.07 bits per heavy atom. The smallest absolute Gasteiger partial charge is 0.407 e. The average Bonchev–Trinajstić information content (AvgIpc) is 2.99. The van der Waals surface area contributed by atoms with Gasteiger partial charge in [-0.05, 0) is 58.6 Å². The molecule has 150 valence electrons. The monoisotopic (exact) mass is 374 g/mol. The van der Waals surface area contributed by atoms with Crippen molar-refractivity contribution in [3.63, 3.8) is 0 Å². The number of hydrogen-bond donors (Lipinski definition) is 2. The van der Waals surface area contributed by atoms with E-state index >= 15 is 0 Å². The van der Waals surface area contributed by atoms with E-state index in [1.54, 1.807) is 7.05 Å². The van der Waals surface area contributed by atoms with Crippen molar-refractivity contribution in [3.8, 4) is 0 Å². The molecule has 1 heterocycles. The van der Waals surface area contributed by atoms with Gasteiger partial charge < -0.3 is 20.3 Å². The summed E-state index contributed by atoms with van der Waals surface area (Å²) in [6.07, 6.45) is 1.49. The van der Waals surface area contributed by atoms with E-state index in [1.165, 1.54) is 16.7 Å². The lowest BCUT2D eigenvalue weighted by atomic mass is 10.0. The fourth-order valence-electron chi connectivity index (χ4n) is 3.31. The number of nitrogens with zero attached hydrogens (tertiary/aromatic N) is 2. The Kier molecular flexibility index (Phi) is 7.11. The van der Waals surface area contributed by atoms with Crippen molar-refractivity contribution in [2.75, 3.05) is 26.7 Å². The fraction of sp³-hybridized carbons (Fsp3) is 0.619. The normalized spacial score (nSPS) is 17.8. The molecule has 27 heavy (non-hydrogen) atoms. The van der Waals surface area contributed by atoms with E-state index in [0.29, 0.717) is 0 Å². The molecule has 6 nitrogen and oxygen atoms in total. The molecule has 1 aliphatic heterocycles. The summed E-state index contributed by atoms with van der Waals surface area (Å²) < 4.78 is 5.34. The van der Waals surface area contributed by atoms with Crippen LogP contribution in [0.1, 0.15) is 43.9 Å². The standard InChI is InChI=1S/C21H34N4O2/c1-15-7-8-17(16(2)13-15)9-11-23-19(22-6)25-12-10-18(14-25)24-20(26)27-21(3,4)5/h7-8,13,18H,9-12,14H2,1-6H3,(H,22,23)(H,24,26). The first-order chi connectivity index (χ1) is 12.7. The van der Waals surface area contributed by atoms with Crippen LogP contribution < -0.4 is 10.6 Å². The van der Waals surface area contributed by atoms with Gasteiger partial charge >= 0.3 is 6.09 Å². The number of nitrogens with one attached hydrogen (secondary N) is 2. The van der Waals surface area contributed by atoms with Gasteiger partial charge in [0.1, 0.15) is 5.60 Å². The molecule has 0 aliphatic carbocycles. The van der Waals surface area contributed by atoms with Crippen LogP contribution in [0.3, 0.4) is 0 Å². The highest BCUT2D eigenvalue weighted by atomic mass is 16.6. The van der Waals surface area contributed by atoms with Gasteiger partial charge in [-0.3, -0.25) is 4.99 Å². The molecule has 1 aromatic carbocycles. The van der Waals surface area contributed by atoms with Crippen molar-refractivity contribution < 1.29 is 9.53 Å². The third-order valence-electron chi connectivity index (χ3n) is 4.60. The quantitative estimate of drug-likeness (QED) is 0.628. The maximum atomic E-state index is 11.9. The molecule has 6 heteroatoms. The summed E-state index contributed by atoms with van der Waals surface area (Å²) in [5.74, 6) is 0.883. The van der Waals surface area contributed by atoms with E-state index in [-0.39, 0.29) is 12.1 Å². The van der Waals surface area contributed by atoms with Crippen molar-refractivity contribution in [2.45, 2.75) is 59.1 Å². The predicted octanol–water partition coefficient (Wildman–Crippen LogP) is 3.02. The number of benzene rings is 1. The van der Waals surface area contributed by atoms with Crippen LogP contribution >= 0.6 is 0 Å². The number of rotatable bonds is 4. The summed E-state index contributed by atoms with van der Waals surface area (Å²) in [6, 6.07) is 6.66. The predicted molar refractivity (Wildman–Crippen MR) is 110 cm³/mol. The number of guanidine groups is 1. The van der Waals surface area contributed by atoms with Crippen molar-refractivity contribution in [2.24, 2.45) is 4.99 Å². The number of hydrogen-bond acceptors (Lipinski definition) is 3. The van der Waals surface area contributed by atoms with Crippen LogP contribution in [-0.2, 0) is 11.2 Å². The second-order valence-corrected chi connectivity index (χ2v) is 8.23. The van der Waals surface area contributed by atoms with Crippen molar-refractivity contribution >= 4 is 12.1 Å². The van der Waals surface area contributed by atoms with E-state index < -0.39 is 5.60 Å². The number of ether oxygens (including phenoxy) is 1. The Morgan fingerprint density at radius 3 is 2.70 bits per heavy atom. The molecule has 0 saturated carbocycles. The van der Waals surface area contributed by atoms with E-state index in [0.717, 1.165) is 38.4 Å². The number of aryl methyl sites for hydroxylation is 2. The van der Waals surface area contributed by atoms with Gasteiger partial charge in [-0.2, -0.15) is 0 Å². The number of amides is 1. The molecular formula is C21H34N4O2. The van der Waals surface area contributed by atoms with Gasteiger partial charge in [-0.25, -0.2) is 4.79 Å². The third kappa shape index (κ3) is 6.77. The van der Waals surface area contributed by atoms with Gasteiger partial charge in [0.25, 0.3) is 0 Å². The Balaban J connectivity index is 1.80. The van der Waals surface area contributed by atoms with Gasteiger partial charge in [-0.15, -0.1) is 0 Å². The summed E-state index contributed by atoms with van der Waals surface area (Å²) in [4.78, 5) is 18.5. The largest absolute Gasteiger partial charge is 0.444 e. The van der Waals surface area contributed by atoms with Crippen LogP contribution in [0, 0.1) is 13.8 Å². The first kappa shape index (κ1) is 21.1. The molecule has 2 rings (SSSR count). The molecule has 0 spiro atoms. The number of aliphatic imine (C=N–C) groups is 1. The SMILES string of the molecule is CN=C(NCCc1ccc(C)cc1C)N1CCC(NC(=O)OC(C)(C)C)C1. The number of alkyl carbamates (subject to hydrolysis) is 1. The third-order valence-corrected chi connectivity index (χ3v) is 4.60. The van der Waals surface area contributed by atoms with Gasteiger partial charge in [0.2, 0.25) is 0 Å². The summed E-state index contributed by atoms with van der Waals surface area (Å²) in [7, 11) is 1.80. The van der Waals surface area contributed by atoms with Crippen molar-refractivity contribution in [1.82, 2.24) is 15.5 Å². The van der Waals surface area contributed by atoms with E-state index in [2.05, 4.69) is 52.6 Å². The lowest BCUT2D eigenvalue weighted by molar-refractivity contribution is 0.0507. The lowest BCUT2D eigenvalue weighted by Gasteiger charge is -2.23. The number of carbonyl (C=O) groups excluding carboxylic acids is 1. The van der Waals surface area contributed by atoms with Gasteiger partial charge in [-0.1, -0.05) is 23.8 Å². The van der Waals surface area contributed by atoms with Gasteiger partial charge in [0.05, 0.1) is 6.04 Å². The van der Waals surface area contributed by atoms with Crippen LogP contribution in [0.15, 0.2) is 23.2 Å². The van der Waals surface area contributed by atoms with Gasteiger partial charge in [0.15, 0.2) is 5.96 Å². The Labute approximate surface area is 163 Å².